The Balaban J connectivity index is 0.000000289. The Hall–Kier alpha value is -7.05. The predicted octanol–water partition coefficient (Wildman–Crippen LogP) is 13.3. The third-order valence-electron chi connectivity index (χ3n) is 10.8. The number of hydrogen-bond donors (Lipinski definition) is 0. The van der Waals surface area contributed by atoms with Gasteiger partial charge in [0, 0.05) is 106 Å². The van der Waals surface area contributed by atoms with Gasteiger partial charge in [-0.05, 0) is 70.8 Å². The van der Waals surface area contributed by atoms with Crippen molar-refractivity contribution in [3.05, 3.63) is 218 Å². The zero-order chi connectivity index (χ0) is 61.5. The summed E-state index contributed by atoms with van der Waals surface area (Å²) in [4.78, 5) is 0. The molecule has 480 valence electrons. The quantitative estimate of drug-likeness (QED) is 0.0314. The molecule has 0 N–H and O–H groups in total. The molecule has 0 bridgehead atoms. The Morgan fingerprint density at radius 3 is 0.621 bits per heavy atom. The Morgan fingerprint density at radius 2 is 0.494 bits per heavy atom. The number of aromatic nitrogens is 16. The van der Waals surface area contributed by atoms with E-state index in [-0.39, 0.29) is 69.4 Å². The van der Waals surface area contributed by atoms with Crippen LogP contribution >= 0.6 is 15.6 Å². The van der Waals surface area contributed by atoms with Gasteiger partial charge in [-0.2, -0.15) is 46.1 Å². The molecule has 0 unspecified atom stereocenters. The zero-order valence-electron chi connectivity index (χ0n) is 45.2. The second-order valence-corrected chi connectivity index (χ2v) is 21.5. The summed E-state index contributed by atoms with van der Waals surface area (Å²) < 4.78 is 157. The molecular formula is C50H55Ag2F12N17O4P2. The summed E-state index contributed by atoms with van der Waals surface area (Å²) in [6.45, 7) is 5.14. The van der Waals surface area contributed by atoms with Crippen LogP contribution < -0.4 is 0 Å². The minimum absolute atomic E-state index is 0. The van der Waals surface area contributed by atoms with Crippen molar-refractivity contribution in [2.24, 2.45) is 0 Å². The molecule has 87 heavy (non-hydrogen) atoms. The molecule has 0 radical (unpaired) electrons. The second-order valence-electron chi connectivity index (χ2n) is 17.7. The van der Waals surface area contributed by atoms with E-state index in [1.807, 2.05) is 148 Å². The number of benzene rings is 2. The van der Waals surface area contributed by atoms with Gasteiger partial charge in [0.1, 0.15) is 0 Å². The van der Waals surface area contributed by atoms with E-state index in [4.69, 9.17) is 24.2 Å². The first-order valence-corrected chi connectivity index (χ1v) is 28.9. The van der Waals surface area contributed by atoms with Crippen LogP contribution in [0.1, 0.15) is 53.8 Å². The molecule has 0 atom stereocenters. The van der Waals surface area contributed by atoms with Gasteiger partial charge >= 0.3 is 111 Å². The summed E-state index contributed by atoms with van der Waals surface area (Å²) in [5.41, 5.74) is 4.32. The standard InChI is InChI=1S/2C24H26N8O2.C2H3N.2Ag.2F6P/c2*1-6-21(17-33-19-23(29-12-2-8-25-29)30-13-3-9-26-30)16-22(7-1)18-34-20-24(31-14-4-10-27-31)32-15-5-11-28-32;1-2-3;;;2*1-7(2,3,4,5)6/h2*1-16,23-24H,17-20H2;1H3;;;;/q;;;2*+1;2*-1. The van der Waals surface area contributed by atoms with Gasteiger partial charge < -0.3 is 18.9 Å². The van der Waals surface area contributed by atoms with Gasteiger partial charge in [0.15, 0.2) is 24.7 Å². The van der Waals surface area contributed by atoms with Gasteiger partial charge in [-0.15, -0.1) is 0 Å². The molecular weight excluding hydrogens is 1410 g/mol. The fourth-order valence-electron chi connectivity index (χ4n) is 7.50. The Morgan fingerprint density at radius 1 is 0.345 bits per heavy atom. The van der Waals surface area contributed by atoms with Crippen LogP contribution in [0.25, 0.3) is 0 Å². The molecule has 0 aliphatic rings. The van der Waals surface area contributed by atoms with Crippen LogP contribution in [0, 0.1) is 11.3 Å². The predicted molar refractivity (Wildman–Crippen MR) is 285 cm³/mol. The first kappa shape index (κ1) is 72.4. The van der Waals surface area contributed by atoms with E-state index >= 15 is 0 Å². The van der Waals surface area contributed by atoms with Gasteiger partial charge in [-0.1, -0.05) is 48.5 Å². The van der Waals surface area contributed by atoms with E-state index in [9.17, 15) is 50.4 Å². The third kappa shape index (κ3) is 29.9. The molecule has 0 aliphatic heterocycles. The first-order valence-electron chi connectivity index (χ1n) is 24.9. The van der Waals surface area contributed by atoms with Crippen LogP contribution in [0.15, 0.2) is 196 Å². The summed E-state index contributed by atoms with van der Waals surface area (Å²) in [6.07, 6.45) is 28.7. The van der Waals surface area contributed by atoms with Crippen molar-refractivity contribution in [3.8, 4) is 6.07 Å². The fourth-order valence-corrected chi connectivity index (χ4v) is 7.50. The van der Waals surface area contributed by atoms with Gasteiger partial charge in [-0.25, -0.2) is 37.5 Å². The maximum absolute atomic E-state index is 10.7. The first-order chi connectivity index (χ1) is 40.0. The largest absolute Gasteiger partial charge is 1.00 e. The number of hydrogen-bond acceptors (Lipinski definition) is 13. The van der Waals surface area contributed by atoms with Crippen molar-refractivity contribution in [1.29, 1.82) is 5.26 Å². The van der Waals surface area contributed by atoms with Crippen LogP contribution in [0.5, 0.6) is 0 Å². The number of nitrogens with zero attached hydrogens (tertiary/aromatic N) is 17. The maximum atomic E-state index is 9.87. The van der Waals surface area contributed by atoms with Crippen molar-refractivity contribution in [1.82, 2.24) is 78.2 Å². The molecule has 10 aromatic rings. The van der Waals surface area contributed by atoms with E-state index in [0.717, 1.165) is 22.3 Å². The van der Waals surface area contributed by atoms with Crippen molar-refractivity contribution in [2.45, 2.75) is 58.0 Å². The summed E-state index contributed by atoms with van der Waals surface area (Å²) >= 11 is 0. The molecule has 21 nitrogen and oxygen atoms in total. The van der Waals surface area contributed by atoms with E-state index in [1.54, 1.807) is 55.6 Å². The van der Waals surface area contributed by atoms with E-state index in [0.29, 0.717) is 52.9 Å². The van der Waals surface area contributed by atoms with Crippen molar-refractivity contribution in [2.75, 3.05) is 26.4 Å². The van der Waals surface area contributed by atoms with E-state index in [2.05, 4.69) is 77.2 Å². The van der Waals surface area contributed by atoms with Gasteiger partial charge in [0.05, 0.1) is 58.9 Å². The summed E-state index contributed by atoms with van der Waals surface area (Å²) in [5, 5.41) is 42.1. The van der Waals surface area contributed by atoms with E-state index < -0.39 is 15.6 Å². The molecule has 0 amide bonds. The summed E-state index contributed by atoms with van der Waals surface area (Å²) in [5.74, 6) is 0. The monoisotopic (exact) mass is 1460 g/mol. The zero-order valence-corrected chi connectivity index (χ0v) is 50.0. The molecule has 2 aromatic carbocycles. The molecule has 37 heteroatoms. The third-order valence-corrected chi connectivity index (χ3v) is 10.8. The van der Waals surface area contributed by atoms with Crippen LogP contribution in [-0.2, 0) is 90.1 Å². The Kier molecular flexibility index (Phi) is 26.0. The van der Waals surface area contributed by atoms with Gasteiger partial charge in [0.25, 0.3) is 0 Å². The number of ether oxygens (including phenoxy) is 4. The molecule has 0 fully saturated rings. The number of rotatable bonds is 24. The normalized spacial score (nSPS) is 12.9. The van der Waals surface area contributed by atoms with Crippen LogP contribution in [0.3, 0.4) is 0 Å². The molecule has 0 spiro atoms. The number of nitriles is 1. The Labute approximate surface area is 519 Å². The van der Waals surface area contributed by atoms with Crippen LogP contribution in [0.4, 0.5) is 50.4 Å². The SMILES string of the molecule is CC#N.F[P-](F)(F)(F)(F)F.F[P-](F)(F)(F)(F)F.[Ag+].[Ag+].c1cc(COCC(n2cccn2)n2cccn2)cc(COCC(n2cccn2)n2cccn2)c1.c1cc(COCC(n2cccn2)n2cccn2)cc(COCC(n2cccn2)n2cccn2)c1. The van der Waals surface area contributed by atoms with E-state index in [1.165, 1.54) is 6.92 Å². The molecule has 10 rings (SSSR count). The smallest absolute Gasteiger partial charge is 0.373 e. The topological polar surface area (TPSA) is 203 Å². The molecule has 0 saturated heterocycles. The second kappa shape index (κ2) is 31.2. The maximum Gasteiger partial charge on any atom is 1.00 e. The fraction of sp³-hybridized carbons (Fsp3) is 0.260. The molecule has 8 heterocycles. The average Bonchev–Trinajstić information content (AvgIpc) is 2.51. The minimum Gasteiger partial charge on any atom is -0.373 e. The van der Waals surface area contributed by atoms with Gasteiger partial charge in [-0.3, -0.25) is 0 Å². The van der Waals surface area contributed by atoms with Crippen molar-refractivity contribution < 1.29 is 114 Å². The van der Waals surface area contributed by atoms with Crippen molar-refractivity contribution >= 4 is 15.6 Å². The van der Waals surface area contributed by atoms with Crippen molar-refractivity contribution in [3.63, 3.8) is 0 Å². The molecule has 0 aliphatic carbocycles. The van der Waals surface area contributed by atoms with Crippen LogP contribution in [0.2, 0.25) is 0 Å². The minimum atomic E-state index is -10.7. The Bertz CT molecular complexity index is 2890. The summed E-state index contributed by atoms with van der Waals surface area (Å²) in [7, 11) is -21.3. The van der Waals surface area contributed by atoms with Crippen LogP contribution in [-0.4, -0.2) is 105 Å². The summed E-state index contributed by atoms with van der Waals surface area (Å²) in [6, 6.07) is 33.3. The average molecular weight is 1460 g/mol. The molecule has 8 aromatic heterocycles. The van der Waals surface area contributed by atoms with Gasteiger partial charge in [0.2, 0.25) is 0 Å². The molecule has 0 saturated carbocycles. The number of halogens is 12.